The van der Waals surface area contributed by atoms with Gasteiger partial charge in [-0.1, -0.05) is 0 Å². The summed E-state index contributed by atoms with van der Waals surface area (Å²) in [7, 11) is -12.4. The third kappa shape index (κ3) is 11.1. The highest BCUT2D eigenvalue weighted by Gasteiger charge is 2.52. The van der Waals surface area contributed by atoms with E-state index in [9.17, 15) is 24.0 Å². The van der Waals surface area contributed by atoms with E-state index in [-0.39, 0.29) is 18.1 Å². The molecular formula is C9H26O7S3Si3. The largest absolute Gasteiger partial charge is 0.488 e. The Balaban J connectivity index is 4.89. The van der Waals surface area contributed by atoms with Crippen LogP contribution in [0, 0.1) is 0 Å². The molecule has 7 nitrogen and oxygen atoms in total. The van der Waals surface area contributed by atoms with Crippen molar-refractivity contribution < 1.29 is 32.2 Å². The van der Waals surface area contributed by atoms with Crippen LogP contribution in [0.5, 0.6) is 0 Å². The van der Waals surface area contributed by atoms with Crippen molar-refractivity contribution in [1.82, 2.24) is 0 Å². The van der Waals surface area contributed by atoms with Gasteiger partial charge in [-0.2, -0.15) is 37.9 Å². The van der Waals surface area contributed by atoms with Crippen LogP contribution in [0.15, 0.2) is 0 Å². The molecule has 0 bridgehead atoms. The molecule has 0 heterocycles. The first-order valence-corrected chi connectivity index (χ1v) is 14.8. The van der Waals surface area contributed by atoms with Crippen molar-refractivity contribution in [3.05, 3.63) is 0 Å². The summed E-state index contributed by atoms with van der Waals surface area (Å²) in [5, 5.41) is 0. The van der Waals surface area contributed by atoms with Crippen LogP contribution in [-0.4, -0.2) is 67.7 Å². The van der Waals surface area contributed by atoms with E-state index in [0.717, 1.165) is 0 Å². The van der Waals surface area contributed by atoms with Crippen molar-refractivity contribution in [3.63, 3.8) is 0 Å². The van der Waals surface area contributed by atoms with Gasteiger partial charge in [-0.05, 0) is 36.5 Å². The summed E-state index contributed by atoms with van der Waals surface area (Å²) in [5.41, 5.74) is 0. The summed E-state index contributed by atoms with van der Waals surface area (Å²) in [6.45, 7) is 0. The van der Waals surface area contributed by atoms with Crippen molar-refractivity contribution in [2.24, 2.45) is 0 Å². The highest BCUT2D eigenvalue weighted by atomic mass is 32.1. The van der Waals surface area contributed by atoms with E-state index in [4.69, 9.17) is 8.23 Å². The molecule has 5 N–H and O–H groups in total. The topological polar surface area (TPSA) is 120 Å². The Morgan fingerprint density at radius 2 is 0.909 bits per heavy atom. The average Bonchev–Trinajstić information content (AvgIpc) is 2.39. The fraction of sp³-hybridized carbons (Fsp3) is 1.00. The Hall–Kier alpha value is 1.42. The first kappa shape index (κ1) is 23.4. The van der Waals surface area contributed by atoms with E-state index >= 15 is 0 Å². The zero-order chi connectivity index (χ0) is 17.3. The fourth-order valence-corrected chi connectivity index (χ4v) is 11.2. The molecule has 0 aliphatic rings. The smallest absolute Gasteiger partial charge is 0.391 e. The van der Waals surface area contributed by atoms with E-state index in [1.807, 2.05) is 0 Å². The molecule has 13 heteroatoms. The first-order chi connectivity index (χ1) is 10.1. The maximum Gasteiger partial charge on any atom is 0.488 e. The van der Waals surface area contributed by atoms with Gasteiger partial charge in [-0.25, -0.2) is 0 Å². The number of rotatable bonds is 13. The van der Waals surface area contributed by atoms with Crippen molar-refractivity contribution >= 4 is 64.3 Å². The average molecular weight is 427 g/mol. The summed E-state index contributed by atoms with van der Waals surface area (Å²) in [6.07, 6.45) is 1.19. The van der Waals surface area contributed by atoms with Gasteiger partial charge in [0.05, 0.1) is 0 Å². The van der Waals surface area contributed by atoms with Gasteiger partial charge in [0.1, 0.15) is 0 Å². The van der Waals surface area contributed by atoms with Crippen LogP contribution >= 0.6 is 37.9 Å². The lowest BCUT2D eigenvalue weighted by molar-refractivity contribution is 0.122. The standard InChI is InChI=1S/C9H26O7S3Si3/c10-20(11,7-1-4-17)15-22(14,9-3-6-19)16-21(12,13)8-2-5-18/h10-14,17-19H,1-9H2. The van der Waals surface area contributed by atoms with Gasteiger partial charge >= 0.3 is 26.4 Å². The summed E-state index contributed by atoms with van der Waals surface area (Å²) in [6, 6.07) is -0.111. The van der Waals surface area contributed by atoms with Gasteiger partial charge in [0.15, 0.2) is 0 Å². The Morgan fingerprint density at radius 1 is 0.591 bits per heavy atom. The number of thiol groups is 3. The van der Waals surface area contributed by atoms with E-state index < -0.39 is 26.4 Å². The van der Waals surface area contributed by atoms with E-state index in [1.54, 1.807) is 0 Å². The van der Waals surface area contributed by atoms with Crippen LogP contribution in [-0.2, 0) is 8.23 Å². The van der Waals surface area contributed by atoms with Gasteiger partial charge < -0.3 is 32.2 Å². The molecule has 0 atom stereocenters. The second-order valence-corrected chi connectivity index (χ2v) is 13.8. The lowest BCUT2D eigenvalue weighted by Gasteiger charge is -2.33. The maximum atomic E-state index is 10.5. The van der Waals surface area contributed by atoms with E-state index in [0.29, 0.717) is 36.5 Å². The zero-order valence-electron chi connectivity index (χ0n) is 12.3. The molecule has 0 aromatic heterocycles. The molecule has 0 fully saturated rings. The minimum Gasteiger partial charge on any atom is -0.391 e. The lowest BCUT2D eigenvalue weighted by Crippen LogP contribution is -2.60. The molecule has 0 saturated heterocycles. The zero-order valence-corrected chi connectivity index (χ0v) is 17.9. The minimum atomic E-state index is -4.14. The monoisotopic (exact) mass is 426 g/mol. The van der Waals surface area contributed by atoms with Crippen molar-refractivity contribution in [3.8, 4) is 0 Å². The van der Waals surface area contributed by atoms with Crippen LogP contribution < -0.4 is 0 Å². The molecule has 22 heavy (non-hydrogen) atoms. The second-order valence-electron chi connectivity index (χ2n) is 4.88. The van der Waals surface area contributed by atoms with Crippen LogP contribution in [0.1, 0.15) is 19.3 Å². The summed E-state index contributed by atoms with van der Waals surface area (Å²) in [5.74, 6) is 1.31. The molecule has 0 saturated carbocycles. The predicted molar refractivity (Wildman–Crippen MR) is 100 cm³/mol. The van der Waals surface area contributed by atoms with E-state index in [2.05, 4.69) is 37.9 Å². The Labute approximate surface area is 151 Å². The van der Waals surface area contributed by atoms with Crippen LogP contribution in [0.3, 0.4) is 0 Å². The molecule has 0 aliphatic carbocycles. The minimum absolute atomic E-state index is 0.0238. The lowest BCUT2D eigenvalue weighted by atomic mass is 10.6. The number of hydrogen-bond acceptors (Lipinski definition) is 10. The van der Waals surface area contributed by atoms with Crippen molar-refractivity contribution in [2.75, 3.05) is 17.3 Å². The molecule has 0 rings (SSSR count). The normalized spacial score (nSPS) is 13.6. The fourth-order valence-electron chi connectivity index (χ4n) is 1.66. The van der Waals surface area contributed by atoms with E-state index in [1.165, 1.54) is 0 Å². The predicted octanol–water partition coefficient (Wildman–Crippen LogP) is -0.243. The van der Waals surface area contributed by atoms with Gasteiger partial charge in [0, 0.05) is 18.1 Å². The Kier molecular flexibility index (Phi) is 11.8. The summed E-state index contributed by atoms with van der Waals surface area (Å²) in [4.78, 5) is 50.1. The molecule has 0 aliphatic heterocycles. The highest BCUT2D eigenvalue weighted by Crippen LogP contribution is 2.24. The highest BCUT2D eigenvalue weighted by molar-refractivity contribution is 7.80. The quantitative estimate of drug-likeness (QED) is 0.151. The maximum absolute atomic E-state index is 10.5. The molecular weight excluding hydrogens is 401 g/mol. The summed E-state index contributed by atoms with van der Waals surface area (Å²) >= 11 is 12.0. The molecule has 0 unspecified atom stereocenters. The Morgan fingerprint density at radius 3 is 1.23 bits per heavy atom. The van der Waals surface area contributed by atoms with Gasteiger partial charge in [0.25, 0.3) is 0 Å². The Bertz CT molecular complexity index is 290. The van der Waals surface area contributed by atoms with Crippen molar-refractivity contribution in [1.29, 1.82) is 0 Å². The van der Waals surface area contributed by atoms with Gasteiger partial charge in [0.2, 0.25) is 0 Å². The SMILES string of the molecule is O[Si](O)(CCCS)O[Si](O)(CCCS)O[Si](O)(O)CCCS. The number of hydrogen-bond donors (Lipinski definition) is 8. The van der Waals surface area contributed by atoms with Crippen molar-refractivity contribution in [2.45, 2.75) is 37.4 Å². The molecule has 134 valence electrons. The van der Waals surface area contributed by atoms with Crippen LogP contribution in [0.2, 0.25) is 18.1 Å². The van der Waals surface area contributed by atoms with Gasteiger partial charge in [-0.3, -0.25) is 0 Å². The van der Waals surface area contributed by atoms with Crippen LogP contribution in [0.25, 0.3) is 0 Å². The molecule has 0 radical (unpaired) electrons. The molecule has 0 aromatic carbocycles. The third-order valence-electron chi connectivity index (χ3n) is 2.62. The van der Waals surface area contributed by atoms with Gasteiger partial charge in [-0.15, -0.1) is 0 Å². The molecule has 0 amide bonds. The summed E-state index contributed by atoms with van der Waals surface area (Å²) < 4.78 is 10.2. The second kappa shape index (κ2) is 11.1. The third-order valence-corrected chi connectivity index (χ3v) is 11.7. The molecule has 0 spiro atoms. The first-order valence-electron chi connectivity index (χ1n) is 6.94. The molecule has 0 aromatic rings. The van der Waals surface area contributed by atoms with Crippen LogP contribution in [0.4, 0.5) is 0 Å².